The minimum Gasteiger partial charge on any atom is -0.496 e. The predicted octanol–water partition coefficient (Wildman–Crippen LogP) is 5.04. The summed E-state index contributed by atoms with van der Waals surface area (Å²) in [6.45, 7) is 0. The quantitative estimate of drug-likeness (QED) is 0.670. The molecule has 0 aromatic heterocycles. The molecule has 0 saturated heterocycles. The molecule has 3 aromatic rings. The SMILES string of the molecule is COc1ccccc1-c1c(OC)cccc1-c1ccccc1. The lowest BCUT2D eigenvalue weighted by atomic mass is 9.93. The molecular formula is C20H18O2. The van der Waals surface area contributed by atoms with Crippen molar-refractivity contribution in [2.45, 2.75) is 0 Å². The van der Waals surface area contributed by atoms with Gasteiger partial charge in [-0.3, -0.25) is 0 Å². The van der Waals surface area contributed by atoms with E-state index in [0.717, 1.165) is 33.8 Å². The summed E-state index contributed by atoms with van der Waals surface area (Å²) in [6, 6.07) is 24.4. The van der Waals surface area contributed by atoms with E-state index in [1.807, 2.05) is 48.5 Å². The Balaban J connectivity index is 2.30. The first kappa shape index (κ1) is 14.2. The van der Waals surface area contributed by atoms with E-state index in [2.05, 4.69) is 24.3 Å². The minimum absolute atomic E-state index is 0.837. The number of rotatable bonds is 4. The molecule has 2 nitrogen and oxygen atoms in total. The molecule has 0 atom stereocenters. The van der Waals surface area contributed by atoms with E-state index in [1.54, 1.807) is 14.2 Å². The first-order valence-electron chi connectivity index (χ1n) is 7.21. The summed E-state index contributed by atoms with van der Waals surface area (Å²) in [7, 11) is 3.39. The number of ether oxygens (including phenoxy) is 2. The number of para-hydroxylation sites is 1. The van der Waals surface area contributed by atoms with Crippen LogP contribution < -0.4 is 9.47 Å². The molecule has 2 heteroatoms. The molecule has 0 aliphatic heterocycles. The lowest BCUT2D eigenvalue weighted by Gasteiger charge is -2.16. The van der Waals surface area contributed by atoms with Crippen LogP contribution in [0, 0.1) is 0 Å². The van der Waals surface area contributed by atoms with Gasteiger partial charge in [0.05, 0.1) is 14.2 Å². The number of benzene rings is 3. The van der Waals surface area contributed by atoms with E-state index < -0.39 is 0 Å². The van der Waals surface area contributed by atoms with Gasteiger partial charge in [0.25, 0.3) is 0 Å². The summed E-state index contributed by atoms with van der Waals surface area (Å²) < 4.78 is 11.1. The van der Waals surface area contributed by atoms with E-state index in [4.69, 9.17) is 9.47 Å². The summed E-state index contributed by atoms with van der Waals surface area (Å²) in [5.74, 6) is 1.68. The van der Waals surface area contributed by atoms with E-state index in [1.165, 1.54) is 0 Å². The summed E-state index contributed by atoms with van der Waals surface area (Å²) in [5, 5.41) is 0. The molecule has 0 aliphatic carbocycles. The summed E-state index contributed by atoms with van der Waals surface area (Å²) in [5.41, 5.74) is 4.36. The molecule has 0 amide bonds. The van der Waals surface area contributed by atoms with Crippen LogP contribution in [0.2, 0.25) is 0 Å². The maximum absolute atomic E-state index is 5.61. The van der Waals surface area contributed by atoms with Crippen molar-refractivity contribution in [3.05, 3.63) is 72.8 Å². The molecule has 0 saturated carbocycles. The second-order valence-corrected chi connectivity index (χ2v) is 4.95. The van der Waals surface area contributed by atoms with Crippen LogP contribution in [-0.2, 0) is 0 Å². The molecule has 110 valence electrons. The lowest BCUT2D eigenvalue weighted by Crippen LogP contribution is -1.94. The van der Waals surface area contributed by atoms with Gasteiger partial charge < -0.3 is 9.47 Å². The van der Waals surface area contributed by atoms with Gasteiger partial charge in [-0.1, -0.05) is 60.7 Å². The highest BCUT2D eigenvalue weighted by atomic mass is 16.5. The van der Waals surface area contributed by atoms with Crippen LogP contribution >= 0.6 is 0 Å². The lowest BCUT2D eigenvalue weighted by molar-refractivity contribution is 0.410. The van der Waals surface area contributed by atoms with Crippen LogP contribution in [0.5, 0.6) is 11.5 Å². The van der Waals surface area contributed by atoms with Crippen LogP contribution in [0.25, 0.3) is 22.3 Å². The van der Waals surface area contributed by atoms with Gasteiger partial charge in [0, 0.05) is 11.1 Å². The van der Waals surface area contributed by atoms with Gasteiger partial charge in [-0.25, -0.2) is 0 Å². The van der Waals surface area contributed by atoms with E-state index in [-0.39, 0.29) is 0 Å². The summed E-state index contributed by atoms with van der Waals surface area (Å²) in [4.78, 5) is 0. The molecule has 0 unspecified atom stereocenters. The largest absolute Gasteiger partial charge is 0.496 e. The fourth-order valence-corrected chi connectivity index (χ4v) is 2.69. The molecule has 0 heterocycles. The molecule has 0 aliphatic rings. The molecule has 0 bridgehead atoms. The van der Waals surface area contributed by atoms with E-state index >= 15 is 0 Å². The van der Waals surface area contributed by atoms with Gasteiger partial charge in [-0.15, -0.1) is 0 Å². The van der Waals surface area contributed by atoms with Crippen LogP contribution in [0.3, 0.4) is 0 Å². The molecule has 22 heavy (non-hydrogen) atoms. The van der Waals surface area contributed by atoms with Crippen molar-refractivity contribution >= 4 is 0 Å². The molecule has 3 aromatic carbocycles. The van der Waals surface area contributed by atoms with Crippen molar-refractivity contribution in [3.8, 4) is 33.8 Å². The van der Waals surface area contributed by atoms with Crippen molar-refractivity contribution in [2.24, 2.45) is 0 Å². The third kappa shape index (κ3) is 2.56. The molecular weight excluding hydrogens is 272 g/mol. The minimum atomic E-state index is 0.837. The van der Waals surface area contributed by atoms with Crippen molar-refractivity contribution in [2.75, 3.05) is 14.2 Å². The second-order valence-electron chi connectivity index (χ2n) is 4.95. The Labute approximate surface area is 131 Å². The monoisotopic (exact) mass is 290 g/mol. The zero-order chi connectivity index (χ0) is 15.4. The smallest absolute Gasteiger partial charge is 0.127 e. The van der Waals surface area contributed by atoms with Crippen LogP contribution in [-0.4, -0.2) is 14.2 Å². The Morgan fingerprint density at radius 3 is 1.86 bits per heavy atom. The molecule has 0 fully saturated rings. The average Bonchev–Trinajstić information content (AvgIpc) is 2.61. The van der Waals surface area contributed by atoms with Crippen molar-refractivity contribution in [3.63, 3.8) is 0 Å². The van der Waals surface area contributed by atoms with Gasteiger partial charge >= 0.3 is 0 Å². The Morgan fingerprint density at radius 2 is 1.14 bits per heavy atom. The Bertz CT molecular complexity index is 764. The van der Waals surface area contributed by atoms with Gasteiger partial charge in [0.15, 0.2) is 0 Å². The topological polar surface area (TPSA) is 18.5 Å². The highest BCUT2D eigenvalue weighted by molar-refractivity contribution is 5.90. The Kier molecular flexibility index (Phi) is 4.10. The van der Waals surface area contributed by atoms with Crippen molar-refractivity contribution in [1.29, 1.82) is 0 Å². The van der Waals surface area contributed by atoms with Crippen molar-refractivity contribution in [1.82, 2.24) is 0 Å². The van der Waals surface area contributed by atoms with Crippen LogP contribution in [0.15, 0.2) is 72.8 Å². The highest BCUT2D eigenvalue weighted by Gasteiger charge is 2.16. The standard InChI is InChI=1S/C20H18O2/c1-21-18-13-7-6-11-17(18)20-16(12-8-14-19(20)22-2)15-9-4-3-5-10-15/h3-14H,1-2H3. The number of hydrogen-bond acceptors (Lipinski definition) is 2. The molecule has 0 radical (unpaired) electrons. The average molecular weight is 290 g/mol. The number of hydrogen-bond donors (Lipinski definition) is 0. The Morgan fingerprint density at radius 1 is 0.545 bits per heavy atom. The fourth-order valence-electron chi connectivity index (χ4n) is 2.69. The maximum Gasteiger partial charge on any atom is 0.127 e. The fraction of sp³-hybridized carbons (Fsp3) is 0.100. The number of methoxy groups -OCH3 is 2. The third-order valence-corrected chi connectivity index (χ3v) is 3.71. The van der Waals surface area contributed by atoms with Crippen LogP contribution in [0.4, 0.5) is 0 Å². The zero-order valence-electron chi connectivity index (χ0n) is 12.7. The first-order valence-corrected chi connectivity index (χ1v) is 7.21. The normalized spacial score (nSPS) is 10.3. The molecule has 0 spiro atoms. The van der Waals surface area contributed by atoms with E-state index in [0.29, 0.717) is 0 Å². The molecule has 3 rings (SSSR count). The second kappa shape index (κ2) is 6.35. The van der Waals surface area contributed by atoms with Gasteiger partial charge in [-0.2, -0.15) is 0 Å². The summed E-state index contributed by atoms with van der Waals surface area (Å²) >= 11 is 0. The zero-order valence-corrected chi connectivity index (χ0v) is 12.7. The van der Waals surface area contributed by atoms with E-state index in [9.17, 15) is 0 Å². The summed E-state index contributed by atoms with van der Waals surface area (Å²) in [6.07, 6.45) is 0. The first-order chi connectivity index (χ1) is 10.8. The van der Waals surface area contributed by atoms with Crippen molar-refractivity contribution < 1.29 is 9.47 Å². The van der Waals surface area contributed by atoms with Gasteiger partial charge in [0.2, 0.25) is 0 Å². The van der Waals surface area contributed by atoms with Gasteiger partial charge in [-0.05, 0) is 23.3 Å². The van der Waals surface area contributed by atoms with Crippen LogP contribution in [0.1, 0.15) is 0 Å². The predicted molar refractivity (Wildman–Crippen MR) is 90.4 cm³/mol. The maximum atomic E-state index is 5.61. The van der Waals surface area contributed by atoms with Gasteiger partial charge in [0.1, 0.15) is 11.5 Å². The molecule has 0 N–H and O–H groups in total. The highest BCUT2D eigenvalue weighted by Crippen LogP contribution is 2.42. The third-order valence-electron chi connectivity index (χ3n) is 3.71. The Hall–Kier alpha value is -2.74.